The quantitative estimate of drug-likeness (QED) is 0.599. The molecule has 0 bridgehead atoms. The Hall–Kier alpha value is -2.47. The summed E-state index contributed by atoms with van der Waals surface area (Å²) in [4.78, 5) is 41.9. The third-order valence-electron chi connectivity index (χ3n) is 7.69. The highest BCUT2D eigenvalue weighted by molar-refractivity contribution is 6.28. The molecule has 1 aromatic carbocycles. The normalized spacial score (nSPS) is 32.7. The van der Waals surface area contributed by atoms with E-state index in [-0.39, 0.29) is 18.0 Å². The zero-order valence-corrected chi connectivity index (χ0v) is 18.0. The van der Waals surface area contributed by atoms with Crippen LogP contribution in [0.4, 0.5) is 4.79 Å². The van der Waals surface area contributed by atoms with Gasteiger partial charge in [-0.25, -0.2) is 4.79 Å². The second kappa shape index (κ2) is 8.58. The van der Waals surface area contributed by atoms with Crippen LogP contribution in [-0.2, 0) is 16.0 Å². The first-order chi connectivity index (χ1) is 15.1. The van der Waals surface area contributed by atoms with Crippen LogP contribution in [0.15, 0.2) is 42.0 Å². The van der Waals surface area contributed by atoms with E-state index in [9.17, 15) is 14.4 Å². The van der Waals surface area contributed by atoms with Crippen LogP contribution in [0.3, 0.4) is 0 Å². The van der Waals surface area contributed by atoms with Crippen LogP contribution in [0.1, 0.15) is 44.1 Å². The van der Waals surface area contributed by atoms with Gasteiger partial charge < -0.3 is 0 Å². The number of urea groups is 1. The Kier molecular flexibility index (Phi) is 5.65. The number of benzene rings is 1. The second-order valence-corrected chi connectivity index (χ2v) is 9.59. The largest absolute Gasteiger partial charge is 0.331 e. The molecule has 164 valence electrons. The van der Waals surface area contributed by atoms with E-state index in [1.165, 1.54) is 43.7 Å². The maximum absolute atomic E-state index is 13.1. The highest BCUT2D eigenvalue weighted by Gasteiger charge is 2.44. The number of rotatable bonds is 4. The van der Waals surface area contributed by atoms with Gasteiger partial charge in [-0.1, -0.05) is 36.4 Å². The molecular formula is C25H31N3O3. The first-order valence-corrected chi connectivity index (χ1v) is 11.8. The molecule has 0 unspecified atom stereocenters. The average Bonchev–Trinajstić information content (AvgIpc) is 2.77. The van der Waals surface area contributed by atoms with Crippen molar-refractivity contribution in [1.82, 2.24) is 15.1 Å². The molecule has 0 spiro atoms. The zero-order chi connectivity index (χ0) is 21.4. The highest BCUT2D eigenvalue weighted by Crippen LogP contribution is 2.46. The van der Waals surface area contributed by atoms with Crippen molar-refractivity contribution in [2.24, 2.45) is 17.8 Å². The second-order valence-electron chi connectivity index (χ2n) is 9.59. The van der Waals surface area contributed by atoms with Gasteiger partial charge >= 0.3 is 6.03 Å². The number of imide groups is 2. The Morgan fingerprint density at radius 3 is 2.32 bits per heavy atom. The molecule has 3 aliphatic heterocycles. The van der Waals surface area contributed by atoms with E-state index in [1.807, 2.05) is 36.4 Å². The van der Waals surface area contributed by atoms with Crippen molar-refractivity contribution in [1.29, 1.82) is 0 Å². The summed E-state index contributed by atoms with van der Waals surface area (Å²) >= 11 is 0. The van der Waals surface area contributed by atoms with Gasteiger partial charge in [-0.2, -0.15) is 0 Å². The van der Waals surface area contributed by atoms with Crippen molar-refractivity contribution in [3.8, 4) is 0 Å². The number of nitrogens with zero attached hydrogens (tertiary/aromatic N) is 2. The number of allylic oxidation sites excluding steroid dienone is 1. The summed E-state index contributed by atoms with van der Waals surface area (Å²) in [6.07, 6.45) is 9.55. The first-order valence-electron chi connectivity index (χ1n) is 11.8. The number of amides is 4. The summed E-state index contributed by atoms with van der Waals surface area (Å²) in [5, 5.41) is 2.39. The lowest BCUT2D eigenvalue weighted by Crippen LogP contribution is -2.56. The van der Waals surface area contributed by atoms with E-state index in [1.54, 1.807) is 0 Å². The van der Waals surface area contributed by atoms with Crippen LogP contribution in [0.5, 0.6) is 0 Å². The van der Waals surface area contributed by atoms with Crippen LogP contribution in [0.25, 0.3) is 0 Å². The number of carbonyl (C=O) groups is 3. The number of carbonyl (C=O) groups excluding carboxylic acids is 3. The Morgan fingerprint density at radius 2 is 1.65 bits per heavy atom. The molecule has 3 heterocycles. The lowest BCUT2D eigenvalue weighted by Gasteiger charge is -2.53. The summed E-state index contributed by atoms with van der Waals surface area (Å²) in [5.74, 6) is 0.570. The molecule has 1 aromatic rings. The van der Waals surface area contributed by atoms with Gasteiger partial charge in [0.05, 0.1) is 0 Å². The standard InChI is InChI=1S/C25H31N3O3/c29-23-21(24(30)28(25(31)26-23)13-10-17-6-2-1-3-7-17)16-18-14-19-8-4-11-27-12-5-9-20(15-18)22(19)27/h1-3,6-7,16,18-20,22H,4-5,8-15H2,(H,26,29,31)/b21-16+/t18?,19-,20-,22?/m1/s1. The number of hydrogen-bond acceptors (Lipinski definition) is 4. The Balaban J connectivity index is 1.31. The van der Waals surface area contributed by atoms with Gasteiger partial charge in [-0.05, 0) is 81.4 Å². The van der Waals surface area contributed by atoms with Gasteiger partial charge in [-0.15, -0.1) is 0 Å². The molecule has 4 amide bonds. The van der Waals surface area contributed by atoms with Crippen molar-refractivity contribution >= 4 is 17.8 Å². The van der Waals surface area contributed by atoms with Crippen molar-refractivity contribution in [3.63, 3.8) is 0 Å². The molecule has 2 atom stereocenters. The van der Waals surface area contributed by atoms with E-state index in [4.69, 9.17) is 0 Å². The molecule has 4 fully saturated rings. The number of hydrogen-bond donors (Lipinski definition) is 1. The molecule has 5 rings (SSSR count). The maximum Gasteiger partial charge on any atom is 0.331 e. The summed E-state index contributed by atoms with van der Waals surface area (Å²) in [7, 11) is 0. The van der Waals surface area contributed by atoms with Gasteiger partial charge in [0.25, 0.3) is 11.8 Å². The predicted molar refractivity (Wildman–Crippen MR) is 117 cm³/mol. The van der Waals surface area contributed by atoms with Gasteiger partial charge in [0.15, 0.2) is 0 Å². The summed E-state index contributed by atoms with van der Waals surface area (Å²) in [6.45, 7) is 2.72. The minimum atomic E-state index is -0.609. The van der Waals surface area contributed by atoms with Crippen LogP contribution in [0.2, 0.25) is 0 Å². The van der Waals surface area contributed by atoms with E-state index in [0.29, 0.717) is 24.3 Å². The molecule has 1 saturated carbocycles. The molecule has 0 radical (unpaired) electrons. The maximum atomic E-state index is 13.1. The molecular weight excluding hydrogens is 390 g/mol. The highest BCUT2D eigenvalue weighted by atomic mass is 16.2. The molecule has 0 aromatic heterocycles. The number of piperidine rings is 2. The minimum absolute atomic E-state index is 0.152. The Morgan fingerprint density at radius 1 is 0.968 bits per heavy atom. The van der Waals surface area contributed by atoms with Gasteiger partial charge in [0.2, 0.25) is 0 Å². The Bertz CT molecular complexity index is 877. The summed E-state index contributed by atoms with van der Waals surface area (Å²) in [5.41, 5.74) is 1.21. The monoisotopic (exact) mass is 421 g/mol. The fraction of sp³-hybridized carbons (Fsp3) is 0.560. The van der Waals surface area contributed by atoms with Crippen molar-refractivity contribution in [2.75, 3.05) is 19.6 Å². The molecule has 4 aliphatic rings. The first kappa shape index (κ1) is 20.4. The third kappa shape index (κ3) is 4.05. The Labute approximate surface area is 183 Å². The molecule has 6 nitrogen and oxygen atoms in total. The predicted octanol–water partition coefficient (Wildman–Crippen LogP) is 3.13. The number of nitrogens with one attached hydrogen (secondary N) is 1. The zero-order valence-electron chi connectivity index (χ0n) is 18.0. The van der Waals surface area contributed by atoms with Gasteiger partial charge in [0, 0.05) is 12.6 Å². The smallest absolute Gasteiger partial charge is 0.300 e. The number of barbiturate groups is 1. The molecule has 31 heavy (non-hydrogen) atoms. The average molecular weight is 422 g/mol. The molecule has 1 aliphatic carbocycles. The molecule has 1 N–H and O–H groups in total. The minimum Gasteiger partial charge on any atom is -0.300 e. The van der Waals surface area contributed by atoms with Crippen LogP contribution >= 0.6 is 0 Å². The van der Waals surface area contributed by atoms with E-state index >= 15 is 0 Å². The SMILES string of the molecule is O=C1NC(=O)N(CCc2ccccc2)C(=O)/C1=C/C1C[C@H]2CCCN3CCC[C@H](C1)C23. The molecule has 6 heteroatoms. The van der Waals surface area contributed by atoms with Crippen LogP contribution in [0, 0.1) is 17.8 Å². The van der Waals surface area contributed by atoms with Crippen LogP contribution in [-0.4, -0.2) is 53.3 Å². The van der Waals surface area contributed by atoms with E-state index < -0.39 is 17.8 Å². The summed E-state index contributed by atoms with van der Waals surface area (Å²) in [6, 6.07) is 9.86. The topological polar surface area (TPSA) is 69.7 Å². The van der Waals surface area contributed by atoms with E-state index in [2.05, 4.69) is 10.2 Å². The third-order valence-corrected chi connectivity index (χ3v) is 7.69. The lowest BCUT2D eigenvalue weighted by molar-refractivity contribution is -0.130. The van der Waals surface area contributed by atoms with Crippen molar-refractivity contribution in [2.45, 2.75) is 51.0 Å². The van der Waals surface area contributed by atoms with Crippen molar-refractivity contribution in [3.05, 3.63) is 47.5 Å². The fourth-order valence-electron chi connectivity index (χ4n) is 6.41. The van der Waals surface area contributed by atoms with Gasteiger partial charge in [-0.3, -0.25) is 24.7 Å². The van der Waals surface area contributed by atoms with Crippen molar-refractivity contribution < 1.29 is 14.4 Å². The van der Waals surface area contributed by atoms with Crippen LogP contribution < -0.4 is 5.32 Å². The van der Waals surface area contributed by atoms with Gasteiger partial charge in [0.1, 0.15) is 5.57 Å². The summed E-state index contributed by atoms with van der Waals surface area (Å²) < 4.78 is 0. The lowest BCUT2D eigenvalue weighted by atomic mass is 9.65. The van der Waals surface area contributed by atoms with E-state index in [0.717, 1.165) is 18.4 Å². The molecule has 3 saturated heterocycles. The fourth-order valence-corrected chi connectivity index (χ4v) is 6.41.